The SMILES string of the molecule is O=C(Nc1cc(C(F)(F)F)ccc1N1CCCC1)c1csc(C2CCN(C/C=C\c3ccco3)CC2)n1. The van der Waals surface area contributed by atoms with Crippen LogP contribution in [0.25, 0.3) is 6.08 Å². The van der Waals surface area contributed by atoms with Crippen molar-refractivity contribution in [1.29, 1.82) is 0 Å². The summed E-state index contributed by atoms with van der Waals surface area (Å²) in [4.78, 5) is 22.0. The lowest BCUT2D eigenvalue weighted by atomic mass is 9.97. The molecule has 0 unspecified atom stereocenters. The highest BCUT2D eigenvalue weighted by Gasteiger charge is 2.32. The largest absolute Gasteiger partial charge is 0.465 e. The molecule has 1 aromatic carbocycles. The van der Waals surface area contributed by atoms with Gasteiger partial charge in [0.1, 0.15) is 11.5 Å². The number of rotatable bonds is 7. The summed E-state index contributed by atoms with van der Waals surface area (Å²) in [5.74, 6) is 0.620. The molecule has 6 nitrogen and oxygen atoms in total. The average Bonchev–Trinajstić information content (AvgIpc) is 3.67. The molecule has 0 aliphatic carbocycles. The maximum atomic E-state index is 13.4. The number of piperidine rings is 1. The van der Waals surface area contributed by atoms with E-state index in [0.29, 0.717) is 5.69 Å². The van der Waals surface area contributed by atoms with Crippen LogP contribution in [0.3, 0.4) is 0 Å². The Bertz CT molecular complexity index is 1220. The zero-order valence-electron chi connectivity index (χ0n) is 20.3. The van der Waals surface area contributed by atoms with Gasteiger partial charge in [-0.15, -0.1) is 11.3 Å². The van der Waals surface area contributed by atoms with E-state index in [4.69, 9.17) is 4.42 Å². The lowest BCUT2D eigenvalue weighted by Crippen LogP contribution is -2.33. The summed E-state index contributed by atoms with van der Waals surface area (Å²) >= 11 is 1.44. The lowest BCUT2D eigenvalue weighted by molar-refractivity contribution is -0.137. The third kappa shape index (κ3) is 6.24. The van der Waals surface area contributed by atoms with Crippen molar-refractivity contribution in [3.05, 3.63) is 70.1 Å². The van der Waals surface area contributed by atoms with E-state index in [1.54, 1.807) is 11.6 Å². The van der Waals surface area contributed by atoms with Crippen LogP contribution in [0.15, 0.2) is 52.5 Å². The topological polar surface area (TPSA) is 61.6 Å². The number of furan rings is 1. The molecule has 0 bridgehead atoms. The van der Waals surface area contributed by atoms with E-state index in [0.717, 1.165) is 81.3 Å². The van der Waals surface area contributed by atoms with Crippen LogP contribution >= 0.6 is 11.3 Å². The number of likely N-dealkylation sites (tertiary alicyclic amines) is 1. The van der Waals surface area contributed by atoms with Gasteiger partial charge in [-0.05, 0) is 75.2 Å². The molecular formula is C27H29F3N4O2S. The summed E-state index contributed by atoms with van der Waals surface area (Å²) in [5, 5.41) is 5.32. The Morgan fingerprint density at radius 1 is 1.16 bits per heavy atom. The highest BCUT2D eigenvalue weighted by atomic mass is 32.1. The fourth-order valence-corrected chi connectivity index (χ4v) is 5.85. The Hall–Kier alpha value is -3.11. The number of carbonyl (C=O) groups excluding carboxylic acids is 1. The van der Waals surface area contributed by atoms with E-state index in [2.05, 4.69) is 21.3 Å². The molecule has 4 heterocycles. The summed E-state index contributed by atoms with van der Waals surface area (Å²) in [6.07, 6.45) is 5.06. The third-order valence-electron chi connectivity index (χ3n) is 6.90. The number of aromatic nitrogens is 1. The van der Waals surface area contributed by atoms with Crippen molar-refractivity contribution in [2.45, 2.75) is 37.8 Å². The number of hydrogen-bond donors (Lipinski definition) is 1. The van der Waals surface area contributed by atoms with E-state index in [9.17, 15) is 18.0 Å². The van der Waals surface area contributed by atoms with Gasteiger partial charge in [0.25, 0.3) is 5.91 Å². The van der Waals surface area contributed by atoms with Gasteiger partial charge in [-0.1, -0.05) is 6.08 Å². The number of nitrogens with one attached hydrogen (secondary N) is 1. The number of anilines is 2. The van der Waals surface area contributed by atoms with Gasteiger partial charge in [0.2, 0.25) is 0 Å². The molecule has 37 heavy (non-hydrogen) atoms. The molecule has 1 N–H and O–H groups in total. The van der Waals surface area contributed by atoms with E-state index in [1.807, 2.05) is 23.1 Å². The smallest absolute Gasteiger partial charge is 0.416 e. The van der Waals surface area contributed by atoms with Gasteiger partial charge < -0.3 is 14.6 Å². The van der Waals surface area contributed by atoms with Crippen molar-refractivity contribution < 1.29 is 22.4 Å². The highest BCUT2D eigenvalue weighted by molar-refractivity contribution is 7.10. The van der Waals surface area contributed by atoms with Gasteiger partial charge >= 0.3 is 6.18 Å². The van der Waals surface area contributed by atoms with Crippen LogP contribution in [0.2, 0.25) is 0 Å². The second-order valence-corrected chi connectivity index (χ2v) is 10.3. The fraction of sp³-hybridized carbons (Fsp3) is 0.407. The first kappa shape index (κ1) is 25.5. The maximum Gasteiger partial charge on any atom is 0.416 e. The van der Waals surface area contributed by atoms with Crippen LogP contribution < -0.4 is 10.2 Å². The minimum atomic E-state index is -4.49. The molecule has 2 saturated heterocycles. The van der Waals surface area contributed by atoms with Gasteiger partial charge in [0, 0.05) is 30.9 Å². The van der Waals surface area contributed by atoms with Crippen molar-refractivity contribution >= 4 is 34.7 Å². The predicted octanol–water partition coefficient (Wildman–Crippen LogP) is 6.50. The van der Waals surface area contributed by atoms with Crippen molar-refractivity contribution in [2.75, 3.05) is 42.9 Å². The van der Waals surface area contributed by atoms with E-state index in [1.165, 1.54) is 17.4 Å². The Balaban J connectivity index is 1.21. The lowest BCUT2D eigenvalue weighted by Gasteiger charge is -2.30. The van der Waals surface area contributed by atoms with Crippen LogP contribution in [0.1, 0.15) is 58.4 Å². The number of benzene rings is 1. The first-order valence-corrected chi connectivity index (χ1v) is 13.4. The minimum Gasteiger partial charge on any atom is -0.465 e. The van der Waals surface area contributed by atoms with Crippen molar-refractivity contribution in [2.24, 2.45) is 0 Å². The Labute approximate surface area is 217 Å². The number of amides is 1. The monoisotopic (exact) mass is 530 g/mol. The summed E-state index contributed by atoms with van der Waals surface area (Å²) in [5.41, 5.74) is 0.249. The molecule has 0 spiro atoms. The van der Waals surface area contributed by atoms with Crippen LogP contribution in [-0.2, 0) is 6.18 Å². The zero-order valence-corrected chi connectivity index (χ0v) is 21.2. The number of halogens is 3. The van der Waals surface area contributed by atoms with Crippen molar-refractivity contribution in [3.63, 3.8) is 0 Å². The minimum absolute atomic E-state index is 0.173. The van der Waals surface area contributed by atoms with Gasteiger partial charge in [0.05, 0.1) is 28.2 Å². The van der Waals surface area contributed by atoms with E-state index >= 15 is 0 Å². The average molecular weight is 531 g/mol. The quantitative estimate of drug-likeness (QED) is 0.378. The van der Waals surface area contributed by atoms with Crippen LogP contribution in [0.5, 0.6) is 0 Å². The van der Waals surface area contributed by atoms with Gasteiger partial charge in [-0.25, -0.2) is 4.98 Å². The number of nitrogens with zero attached hydrogens (tertiary/aromatic N) is 3. The van der Waals surface area contributed by atoms with Crippen LogP contribution in [-0.4, -0.2) is 48.5 Å². The molecule has 0 saturated carbocycles. The molecule has 0 radical (unpaired) electrons. The molecule has 5 rings (SSSR count). The predicted molar refractivity (Wildman–Crippen MR) is 139 cm³/mol. The molecule has 2 aliphatic rings. The zero-order chi connectivity index (χ0) is 25.8. The Kier molecular flexibility index (Phi) is 7.66. The molecule has 0 atom stereocenters. The number of thiazole rings is 1. The van der Waals surface area contributed by atoms with Gasteiger partial charge in [-0.3, -0.25) is 9.69 Å². The molecule has 2 aromatic heterocycles. The third-order valence-corrected chi connectivity index (χ3v) is 7.91. The number of alkyl halides is 3. The molecule has 3 aromatic rings. The summed E-state index contributed by atoms with van der Waals surface area (Å²) < 4.78 is 45.4. The van der Waals surface area contributed by atoms with Crippen LogP contribution in [0, 0.1) is 0 Å². The van der Waals surface area contributed by atoms with E-state index in [-0.39, 0.29) is 17.3 Å². The van der Waals surface area contributed by atoms with Gasteiger partial charge in [-0.2, -0.15) is 13.2 Å². The Morgan fingerprint density at radius 3 is 2.65 bits per heavy atom. The normalized spacial score (nSPS) is 17.6. The Morgan fingerprint density at radius 2 is 1.95 bits per heavy atom. The summed E-state index contributed by atoms with van der Waals surface area (Å²) in [6.45, 7) is 4.21. The van der Waals surface area contributed by atoms with Gasteiger partial charge in [0.15, 0.2) is 0 Å². The van der Waals surface area contributed by atoms with Crippen LogP contribution in [0.4, 0.5) is 24.5 Å². The molecule has 2 fully saturated rings. The highest BCUT2D eigenvalue weighted by Crippen LogP contribution is 2.37. The van der Waals surface area contributed by atoms with Crippen molar-refractivity contribution in [1.82, 2.24) is 9.88 Å². The molecule has 1 amide bonds. The molecular weight excluding hydrogens is 501 g/mol. The number of carbonyl (C=O) groups is 1. The summed E-state index contributed by atoms with van der Waals surface area (Å²) in [7, 11) is 0. The second-order valence-electron chi connectivity index (χ2n) is 9.44. The fourth-order valence-electron chi connectivity index (χ4n) is 4.88. The first-order valence-electron chi connectivity index (χ1n) is 12.5. The maximum absolute atomic E-state index is 13.4. The molecule has 2 aliphatic heterocycles. The summed E-state index contributed by atoms with van der Waals surface area (Å²) in [6, 6.07) is 7.32. The first-order chi connectivity index (χ1) is 17.9. The van der Waals surface area contributed by atoms with E-state index < -0.39 is 17.6 Å². The van der Waals surface area contributed by atoms with Crippen molar-refractivity contribution in [3.8, 4) is 0 Å². The molecule has 196 valence electrons. The standard InChI is InChI=1S/C27H29F3N4O2S/c28-27(29,30)20-7-8-24(34-12-1-2-13-34)22(17-20)31-25(35)23-18-37-26(32-23)19-9-14-33(15-10-19)11-3-5-21-6-4-16-36-21/h3-8,16-19H,1-2,9-15H2,(H,31,35)/b5-3-. The molecule has 10 heteroatoms. The second kappa shape index (κ2) is 11.1. The number of hydrogen-bond acceptors (Lipinski definition) is 6.